The molecule has 0 saturated carbocycles. The SMILES string of the molecule is CNC(=O)Cc1[nH]cnc1NC. The Kier molecular flexibility index (Phi) is 2.68. The topological polar surface area (TPSA) is 69.8 Å². The van der Waals surface area contributed by atoms with Crippen LogP contribution in [-0.4, -0.2) is 30.0 Å². The van der Waals surface area contributed by atoms with E-state index in [0.29, 0.717) is 6.42 Å². The largest absolute Gasteiger partial charge is 0.372 e. The molecule has 0 unspecified atom stereocenters. The Morgan fingerprint density at radius 1 is 1.67 bits per heavy atom. The molecule has 1 heterocycles. The Bertz CT molecular complexity index is 268. The minimum Gasteiger partial charge on any atom is -0.372 e. The summed E-state index contributed by atoms with van der Waals surface area (Å²) in [5, 5.41) is 5.42. The first kappa shape index (κ1) is 8.58. The summed E-state index contributed by atoms with van der Waals surface area (Å²) in [5.74, 6) is 0.689. The molecular weight excluding hydrogens is 156 g/mol. The number of anilines is 1. The molecule has 5 heteroatoms. The van der Waals surface area contributed by atoms with Gasteiger partial charge in [-0.2, -0.15) is 0 Å². The van der Waals surface area contributed by atoms with Crippen molar-refractivity contribution in [3.8, 4) is 0 Å². The zero-order valence-corrected chi connectivity index (χ0v) is 7.14. The van der Waals surface area contributed by atoms with Crippen LogP contribution in [0.3, 0.4) is 0 Å². The van der Waals surface area contributed by atoms with Crippen LogP contribution in [-0.2, 0) is 11.2 Å². The van der Waals surface area contributed by atoms with Crippen molar-refractivity contribution in [3.63, 3.8) is 0 Å². The van der Waals surface area contributed by atoms with E-state index in [1.807, 2.05) is 0 Å². The number of carbonyl (C=O) groups is 1. The average Bonchev–Trinajstić information content (AvgIpc) is 2.51. The number of imidazole rings is 1. The molecule has 1 rings (SSSR count). The van der Waals surface area contributed by atoms with Crippen LogP contribution in [0.4, 0.5) is 5.82 Å². The number of H-pyrrole nitrogens is 1. The number of aromatic nitrogens is 2. The van der Waals surface area contributed by atoms with E-state index in [0.717, 1.165) is 11.5 Å². The molecule has 0 aromatic carbocycles. The number of aromatic amines is 1. The Balaban J connectivity index is 2.68. The molecule has 0 radical (unpaired) electrons. The fraction of sp³-hybridized carbons (Fsp3) is 0.429. The molecular formula is C7H12N4O. The third-order valence-electron chi connectivity index (χ3n) is 1.57. The highest BCUT2D eigenvalue weighted by Gasteiger charge is 2.07. The average molecular weight is 168 g/mol. The zero-order valence-electron chi connectivity index (χ0n) is 7.14. The van der Waals surface area contributed by atoms with Crippen molar-refractivity contribution in [2.24, 2.45) is 0 Å². The van der Waals surface area contributed by atoms with Crippen LogP contribution in [0.15, 0.2) is 6.33 Å². The van der Waals surface area contributed by atoms with Crippen LogP contribution in [0.5, 0.6) is 0 Å². The molecule has 1 aromatic heterocycles. The zero-order chi connectivity index (χ0) is 8.97. The first-order chi connectivity index (χ1) is 5.77. The van der Waals surface area contributed by atoms with Gasteiger partial charge in [-0.3, -0.25) is 4.79 Å². The Morgan fingerprint density at radius 3 is 3.00 bits per heavy atom. The smallest absolute Gasteiger partial charge is 0.225 e. The second kappa shape index (κ2) is 3.75. The molecule has 3 N–H and O–H groups in total. The Morgan fingerprint density at radius 2 is 2.42 bits per heavy atom. The van der Waals surface area contributed by atoms with Crippen molar-refractivity contribution in [1.29, 1.82) is 0 Å². The third-order valence-corrected chi connectivity index (χ3v) is 1.57. The Labute approximate surface area is 70.6 Å². The summed E-state index contributed by atoms with van der Waals surface area (Å²) in [4.78, 5) is 17.8. The summed E-state index contributed by atoms with van der Waals surface area (Å²) in [5.41, 5.74) is 0.803. The van der Waals surface area contributed by atoms with E-state index < -0.39 is 0 Å². The first-order valence-electron chi connectivity index (χ1n) is 3.68. The molecule has 66 valence electrons. The van der Waals surface area contributed by atoms with Gasteiger partial charge in [-0.15, -0.1) is 0 Å². The number of nitrogens with one attached hydrogen (secondary N) is 3. The van der Waals surface area contributed by atoms with Gasteiger partial charge in [0, 0.05) is 14.1 Å². The third kappa shape index (κ3) is 1.75. The molecule has 0 spiro atoms. The van der Waals surface area contributed by atoms with Gasteiger partial charge < -0.3 is 15.6 Å². The number of amides is 1. The van der Waals surface area contributed by atoms with E-state index >= 15 is 0 Å². The molecule has 0 aliphatic rings. The van der Waals surface area contributed by atoms with E-state index in [-0.39, 0.29) is 5.91 Å². The van der Waals surface area contributed by atoms with E-state index in [4.69, 9.17) is 0 Å². The molecule has 0 aliphatic carbocycles. The molecule has 0 atom stereocenters. The first-order valence-corrected chi connectivity index (χ1v) is 3.68. The fourth-order valence-electron chi connectivity index (χ4n) is 0.920. The minimum atomic E-state index is -0.0317. The number of carbonyl (C=O) groups excluding carboxylic acids is 1. The molecule has 1 aromatic rings. The van der Waals surface area contributed by atoms with Crippen molar-refractivity contribution >= 4 is 11.7 Å². The van der Waals surface area contributed by atoms with Crippen molar-refractivity contribution in [1.82, 2.24) is 15.3 Å². The van der Waals surface area contributed by atoms with Gasteiger partial charge in [-0.25, -0.2) is 4.98 Å². The molecule has 1 amide bonds. The maximum Gasteiger partial charge on any atom is 0.225 e. The van der Waals surface area contributed by atoms with Gasteiger partial charge in [0.2, 0.25) is 5.91 Å². The number of hydrogen-bond acceptors (Lipinski definition) is 3. The molecule has 0 aliphatic heterocycles. The maximum atomic E-state index is 11.0. The van der Waals surface area contributed by atoms with Crippen LogP contribution in [0, 0.1) is 0 Å². The van der Waals surface area contributed by atoms with Gasteiger partial charge in [0.05, 0.1) is 18.4 Å². The lowest BCUT2D eigenvalue weighted by atomic mass is 10.3. The van der Waals surface area contributed by atoms with Gasteiger partial charge >= 0.3 is 0 Å². The lowest BCUT2D eigenvalue weighted by Gasteiger charge is -1.99. The molecule has 0 fully saturated rings. The predicted octanol–water partition coefficient (Wildman–Crippen LogP) is -0.260. The molecule has 0 saturated heterocycles. The van der Waals surface area contributed by atoms with Crippen LogP contribution in [0.2, 0.25) is 0 Å². The monoisotopic (exact) mass is 168 g/mol. The number of hydrogen-bond donors (Lipinski definition) is 3. The number of rotatable bonds is 3. The summed E-state index contributed by atoms with van der Waals surface area (Å²) in [6.07, 6.45) is 1.89. The van der Waals surface area contributed by atoms with Crippen LogP contribution in [0.25, 0.3) is 0 Å². The second-order valence-corrected chi connectivity index (χ2v) is 2.33. The normalized spacial score (nSPS) is 9.50. The molecule has 12 heavy (non-hydrogen) atoms. The minimum absolute atomic E-state index is 0.0317. The van der Waals surface area contributed by atoms with Crippen molar-refractivity contribution in [2.45, 2.75) is 6.42 Å². The van der Waals surface area contributed by atoms with Gasteiger partial charge in [0.1, 0.15) is 5.82 Å². The van der Waals surface area contributed by atoms with E-state index in [2.05, 4.69) is 20.6 Å². The molecule has 5 nitrogen and oxygen atoms in total. The van der Waals surface area contributed by atoms with Gasteiger partial charge in [-0.05, 0) is 0 Å². The highest BCUT2D eigenvalue weighted by Crippen LogP contribution is 2.08. The second-order valence-electron chi connectivity index (χ2n) is 2.33. The summed E-state index contributed by atoms with van der Waals surface area (Å²) in [6.45, 7) is 0. The highest BCUT2D eigenvalue weighted by atomic mass is 16.1. The van der Waals surface area contributed by atoms with Crippen molar-refractivity contribution < 1.29 is 4.79 Å². The van der Waals surface area contributed by atoms with E-state index in [9.17, 15) is 4.79 Å². The summed E-state index contributed by atoms with van der Waals surface area (Å²) in [6, 6.07) is 0. The van der Waals surface area contributed by atoms with E-state index in [1.54, 1.807) is 20.4 Å². The van der Waals surface area contributed by atoms with Crippen LogP contribution >= 0.6 is 0 Å². The van der Waals surface area contributed by atoms with E-state index in [1.165, 1.54) is 0 Å². The summed E-state index contributed by atoms with van der Waals surface area (Å²) in [7, 11) is 3.38. The van der Waals surface area contributed by atoms with Gasteiger partial charge in [0.25, 0.3) is 0 Å². The Hall–Kier alpha value is -1.52. The van der Waals surface area contributed by atoms with Crippen molar-refractivity contribution in [2.75, 3.05) is 19.4 Å². The van der Waals surface area contributed by atoms with Crippen LogP contribution < -0.4 is 10.6 Å². The lowest BCUT2D eigenvalue weighted by molar-refractivity contribution is -0.119. The highest BCUT2D eigenvalue weighted by molar-refractivity contribution is 5.79. The fourth-order valence-corrected chi connectivity index (χ4v) is 0.920. The van der Waals surface area contributed by atoms with Gasteiger partial charge in [-0.1, -0.05) is 0 Å². The van der Waals surface area contributed by atoms with Crippen LogP contribution in [0.1, 0.15) is 5.69 Å². The number of likely N-dealkylation sites (N-methyl/N-ethyl adjacent to an activating group) is 1. The lowest BCUT2D eigenvalue weighted by Crippen LogP contribution is -2.20. The summed E-state index contributed by atoms with van der Waals surface area (Å²) >= 11 is 0. The number of nitrogens with zero attached hydrogens (tertiary/aromatic N) is 1. The van der Waals surface area contributed by atoms with Gasteiger partial charge in [0.15, 0.2) is 0 Å². The maximum absolute atomic E-state index is 11.0. The molecule has 0 bridgehead atoms. The summed E-state index contributed by atoms with van der Waals surface area (Å²) < 4.78 is 0. The predicted molar refractivity (Wildman–Crippen MR) is 45.9 cm³/mol. The van der Waals surface area contributed by atoms with Crippen molar-refractivity contribution in [3.05, 3.63) is 12.0 Å². The standard InChI is InChI=1S/C7H12N4O/c1-8-6(12)3-5-7(9-2)11-4-10-5/h4,9H,3H2,1-2H3,(H,8,12)(H,10,11). The quantitative estimate of drug-likeness (QED) is 0.582.